The summed E-state index contributed by atoms with van der Waals surface area (Å²) in [5.74, 6) is -1.04. The van der Waals surface area contributed by atoms with Gasteiger partial charge in [-0.1, -0.05) is 29.8 Å². The Morgan fingerprint density at radius 3 is 2.11 bits per heavy atom. The van der Waals surface area contributed by atoms with Gasteiger partial charge in [0, 0.05) is 16.3 Å². The highest BCUT2D eigenvalue weighted by Gasteiger charge is 2.36. The number of hydrogen-bond acceptors (Lipinski definition) is 3. The van der Waals surface area contributed by atoms with Crippen molar-refractivity contribution in [1.29, 1.82) is 0 Å². The van der Waals surface area contributed by atoms with Gasteiger partial charge in [-0.3, -0.25) is 14.4 Å². The van der Waals surface area contributed by atoms with Crippen molar-refractivity contribution in [3.8, 4) is 0 Å². The molecule has 0 atom stereocenters. The second-order valence-corrected chi connectivity index (χ2v) is 6.89. The Kier molecular flexibility index (Phi) is 4.45. The first-order valence-electron chi connectivity index (χ1n) is 8.61. The van der Waals surface area contributed by atoms with Gasteiger partial charge in [0.15, 0.2) is 0 Å². The molecule has 1 aliphatic rings. The monoisotopic (exact) mass is 390 g/mol. The highest BCUT2D eigenvalue weighted by Crippen LogP contribution is 2.28. The van der Waals surface area contributed by atoms with Gasteiger partial charge < -0.3 is 5.32 Å². The van der Waals surface area contributed by atoms with Crippen LogP contribution in [0.2, 0.25) is 5.02 Å². The summed E-state index contributed by atoms with van der Waals surface area (Å²) in [6.45, 7) is 1.87. The summed E-state index contributed by atoms with van der Waals surface area (Å²) in [6, 6.07) is 18.3. The summed E-state index contributed by atoms with van der Waals surface area (Å²) in [5.41, 5.74) is 3.10. The van der Waals surface area contributed by atoms with Gasteiger partial charge in [0.05, 0.1) is 16.8 Å². The molecule has 3 aromatic rings. The second-order valence-electron chi connectivity index (χ2n) is 6.45. The largest absolute Gasteiger partial charge is 0.322 e. The number of carbonyl (C=O) groups excluding carboxylic acids is 3. The molecule has 1 aliphatic heterocycles. The molecule has 0 bridgehead atoms. The molecule has 0 aromatic heterocycles. The fourth-order valence-electron chi connectivity index (χ4n) is 3.11. The van der Waals surface area contributed by atoms with Crippen LogP contribution in [0.3, 0.4) is 0 Å². The lowest BCUT2D eigenvalue weighted by atomic mass is 10.1. The van der Waals surface area contributed by atoms with E-state index in [1.807, 2.05) is 13.0 Å². The lowest BCUT2D eigenvalue weighted by Crippen LogP contribution is -2.29. The van der Waals surface area contributed by atoms with E-state index in [2.05, 4.69) is 5.32 Å². The average Bonchev–Trinajstić information content (AvgIpc) is 2.96. The zero-order valence-electron chi connectivity index (χ0n) is 14.9. The number of anilines is 2. The van der Waals surface area contributed by atoms with E-state index in [0.717, 1.165) is 10.5 Å². The number of hydrogen-bond donors (Lipinski definition) is 1. The van der Waals surface area contributed by atoms with E-state index in [9.17, 15) is 14.4 Å². The van der Waals surface area contributed by atoms with Gasteiger partial charge in [-0.25, -0.2) is 4.90 Å². The number of benzene rings is 3. The zero-order valence-corrected chi connectivity index (χ0v) is 15.7. The first kappa shape index (κ1) is 17.9. The SMILES string of the molecule is Cc1ccc(Cl)cc1NC(=O)c1ccc(N2C(=O)c3ccccc3C2=O)cc1. The van der Waals surface area contributed by atoms with Gasteiger partial charge in [-0.05, 0) is 61.0 Å². The van der Waals surface area contributed by atoms with Crippen molar-refractivity contribution in [2.24, 2.45) is 0 Å². The molecule has 0 fully saturated rings. The summed E-state index contributed by atoms with van der Waals surface area (Å²) < 4.78 is 0. The van der Waals surface area contributed by atoms with Gasteiger partial charge >= 0.3 is 0 Å². The number of aryl methyl sites for hydroxylation is 1. The topological polar surface area (TPSA) is 66.5 Å². The van der Waals surface area contributed by atoms with Crippen LogP contribution in [0, 0.1) is 6.92 Å². The number of rotatable bonds is 3. The van der Waals surface area contributed by atoms with Crippen LogP contribution in [-0.4, -0.2) is 17.7 Å². The third-order valence-corrected chi connectivity index (χ3v) is 4.86. The number of halogens is 1. The minimum absolute atomic E-state index is 0.306. The molecule has 5 nitrogen and oxygen atoms in total. The molecule has 0 radical (unpaired) electrons. The molecule has 0 spiro atoms. The first-order valence-corrected chi connectivity index (χ1v) is 8.99. The Hall–Kier alpha value is -3.44. The van der Waals surface area contributed by atoms with Crippen molar-refractivity contribution >= 4 is 40.7 Å². The van der Waals surface area contributed by atoms with Crippen LogP contribution in [0.4, 0.5) is 11.4 Å². The van der Waals surface area contributed by atoms with E-state index in [4.69, 9.17) is 11.6 Å². The van der Waals surface area contributed by atoms with Gasteiger partial charge in [0.25, 0.3) is 17.7 Å². The number of nitrogens with zero attached hydrogens (tertiary/aromatic N) is 1. The van der Waals surface area contributed by atoms with Crippen molar-refractivity contribution in [2.45, 2.75) is 6.92 Å². The predicted molar refractivity (Wildman–Crippen MR) is 108 cm³/mol. The molecule has 1 heterocycles. The molecule has 28 heavy (non-hydrogen) atoms. The molecule has 1 N–H and O–H groups in total. The Morgan fingerprint density at radius 2 is 1.50 bits per heavy atom. The van der Waals surface area contributed by atoms with Gasteiger partial charge in [0.1, 0.15) is 0 Å². The summed E-state index contributed by atoms with van der Waals surface area (Å²) >= 11 is 5.98. The molecule has 4 rings (SSSR count). The van der Waals surface area contributed by atoms with Crippen molar-refractivity contribution in [2.75, 3.05) is 10.2 Å². The van der Waals surface area contributed by atoms with Crippen LogP contribution >= 0.6 is 11.6 Å². The quantitative estimate of drug-likeness (QED) is 0.659. The number of carbonyl (C=O) groups is 3. The van der Waals surface area contributed by atoms with Crippen LogP contribution < -0.4 is 10.2 Å². The molecule has 0 saturated carbocycles. The minimum atomic E-state index is -0.368. The molecular formula is C22H15ClN2O3. The Balaban J connectivity index is 1.56. The van der Waals surface area contributed by atoms with Gasteiger partial charge in [0.2, 0.25) is 0 Å². The first-order chi connectivity index (χ1) is 13.5. The van der Waals surface area contributed by atoms with Crippen molar-refractivity contribution in [1.82, 2.24) is 0 Å². The Labute approximate surface area is 166 Å². The average molecular weight is 391 g/mol. The van der Waals surface area contributed by atoms with E-state index in [1.54, 1.807) is 60.7 Å². The number of imide groups is 1. The highest BCUT2D eigenvalue weighted by atomic mass is 35.5. The van der Waals surface area contributed by atoms with Gasteiger partial charge in [-0.2, -0.15) is 0 Å². The summed E-state index contributed by atoms with van der Waals surface area (Å²) in [7, 11) is 0. The molecule has 0 saturated heterocycles. The van der Waals surface area contributed by atoms with Gasteiger partial charge in [-0.15, -0.1) is 0 Å². The second kappa shape index (κ2) is 6.94. The Morgan fingerprint density at radius 1 is 0.893 bits per heavy atom. The number of amides is 3. The van der Waals surface area contributed by atoms with Crippen LogP contribution in [0.5, 0.6) is 0 Å². The van der Waals surface area contributed by atoms with E-state index >= 15 is 0 Å². The van der Waals surface area contributed by atoms with Crippen LogP contribution in [0.25, 0.3) is 0 Å². The van der Waals surface area contributed by atoms with E-state index in [0.29, 0.717) is 33.1 Å². The number of nitrogens with one attached hydrogen (secondary N) is 1. The van der Waals surface area contributed by atoms with Crippen molar-refractivity contribution in [3.05, 3.63) is 94.0 Å². The maximum atomic E-state index is 12.6. The van der Waals surface area contributed by atoms with E-state index in [1.165, 1.54) is 0 Å². The van der Waals surface area contributed by atoms with Crippen LogP contribution in [-0.2, 0) is 0 Å². The third-order valence-electron chi connectivity index (χ3n) is 4.63. The summed E-state index contributed by atoms with van der Waals surface area (Å²) in [4.78, 5) is 38.7. The van der Waals surface area contributed by atoms with Crippen molar-refractivity contribution < 1.29 is 14.4 Å². The summed E-state index contributed by atoms with van der Waals surface area (Å²) in [6.07, 6.45) is 0. The molecule has 0 aliphatic carbocycles. The van der Waals surface area contributed by atoms with E-state index < -0.39 is 0 Å². The third kappa shape index (κ3) is 3.06. The minimum Gasteiger partial charge on any atom is -0.322 e. The molecule has 138 valence electrons. The van der Waals surface area contributed by atoms with Crippen molar-refractivity contribution in [3.63, 3.8) is 0 Å². The lowest BCUT2D eigenvalue weighted by Gasteiger charge is -2.14. The lowest BCUT2D eigenvalue weighted by molar-refractivity contribution is 0.0925. The smallest absolute Gasteiger partial charge is 0.266 e. The van der Waals surface area contributed by atoms with E-state index in [-0.39, 0.29) is 17.7 Å². The summed E-state index contributed by atoms with van der Waals surface area (Å²) in [5, 5.41) is 3.35. The Bertz CT molecular complexity index is 1090. The number of fused-ring (bicyclic) bond motifs is 1. The standard InChI is InChI=1S/C22H15ClN2O3/c1-13-6-9-15(23)12-19(13)24-20(26)14-7-10-16(11-8-14)25-21(27)17-4-2-3-5-18(17)22(25)28/h2-12H,1H3,(H,24,26). The highest BCUT2D eigenvalue weighted by molar-refractivity contribution is 6.34. The molecule has 6 heteroatoms. The molecular weight excluding hydrogens is 376 g/mol. The zero-order chi connectivity index (χ0) is 19.8. The fraction of sp³-hybridized carbons (Fsp3) is 0.0455. The maximum Gasteiger partial charge on any atom is 0.266 e. The molecule has 3 aromatic carbocycles. The normalized spacial score (nSPS) is 12.9. The van der Waals surface area contributed by atoms with Crippen LogP contribution in [0.1, 0.15) is 36.6 Å². The fourth-order valence-corrected chi connectivity index (χ4v) is 3.28. The van der Waals surface area contributed by atoms with Crippen LogP contribution in [0.15, 0.2) is 66.7 Å². The maximum absolute atomic E-state index is 12.6. The predicted octanol–water partition coefficient (Wildman–Crippen LogP) is 4.70. The molecule has 3 amide bonds. The molecule has 0 unspecified atom stereocenters.